The molecule has 20 heavy (non-hydrogen) atoms. The van der Waals surface area contributed by atoms with Gasteiger partial charge in [0, 0.05) is 17.2 Å². The van der Waals surface area contributed by atoms with Gasteiger partial charge in [0.25, 0.3) is 0 Å². The zero-order valence-corrected chi connectivity index (χ0v) is 11.7. The number of rotatable bonds is 4. The first-order valence-electron chi connectivity index (χ1n) is 5.92. The highest BCUT2D eigenvalue weighted by Gasteiger charge is 2.19. The van der Waals surface area contributed by atoms with Gasteiger partial charge in [-0.25, -0.2) is 4.79 Å². The largest absolute Gasteiger partial charge is 0.493 e. The quantitative estimate of drug-likeness (QED) is 0.925. The van der Waals surface area contributed by atoms with Gasteiger partial charge in [0.15, 0.2) is 23.0 Å². The van der Waals surface area contributed by atoms with Crippen LogP contribution < -0.4 is 9.47 Å². The predicted octanol–water partition coefficient (Wildman–Crippen LogP) is 2.67. The molecule has 0 saturated heterocycles. The summed E-state index contributed by atoms with van der Waals surface area (Å²) in [7, 11) is 3.12. The van der Waals surface area contributed by atoms with E-state index < -0.39 is 5.97 Å². The van der Waals surface area contributed by atoms with Gasteiger partial charge in [-0.05, 0) is 25.5 Å². The van der Waals surface area contributed by atoms with Gasteiger partial charge in [-0.15, -0.1) is 0 Å². The lowest BCUT2D eigenvalue weighted by Gasteiger charge is -2.15. The SMILES string of the molecule is COc1c(C)cc(-c2cc(C(=O)O)no2)c(C)c1OC. The lowest BCUT2D eigenvalue weighted by Crippen LogP contribution is -1.98. The second-order valence-electron chi connectivity index (χ2n) is 4.31. The Kier molecular flexibility index (Phi) is 3.65. The number of methoxy groups -OCH3 is 2. The molecule has 1 aromatic carbocycles. The lowest BCUT2D eigenvalue weighted by atomic mass is 10.0. The number of aromatic nitrogens is 1. The monoisotopic (exact) mass is 277 g/mol. The summed E-state index contributed by atoms with van der Waals surface area (Å²) in [5.41, 5.74) is 2.24. The van der Waals surface area contributed by atoms with E-state index in [4.69, 9.17) is 19.1 Å². The summed E-state index contributed by atoms with van der Waals surface area (Å²) in [6.45, 7) is 3.72. The average molecular weight is 277 g/mol. The first kappa shape index (κ1) is 13.9. The van der Waals surface area contributed by atoms with E-state index in [2.05, 4.69) is 5.16 Å². The highest BCUT2D eigenvalue weighted by atomic mass is 16.5. The predicted molar refractivity (Wildman–Crippen MR) is 71.5 cm³/mol. The van der Waals surface area contributed by atoms with E-state index in [0.717, 1.165) is 16.7 Å². The maximum Gasteiger partial charge on any atom is 0.358 e. The molecule has 6 heteroatoms. The highest BCUT2D eigenvalue weighted by molar-refractivity contribution is 5.86. The zero-order chi connectivity index (χ0) is 14.9. The molecule has 1 N–H and O–H groups in total. The van der Waals surface area contributed by atoms with Gasteiger partial charge >= 0.3 is 5.97 Å². The summed E-state index contributed by atoms with van der Waals surface area (Å²) in [5, 5.41) is 12.4. The van der Waals surface area contributed by atoms with Gasteiger partial charge in [0.2, 0.25) is 0 Å². The van der Waals surface area contributed by atoms with E-state index in [-0.39, 0.29) is 5.69 Å². The molecule has 0 radical (unpaired) electrons. The van der Waals surface area contributed by atoms with E-state index >= 15 is 0 Å². The van der Waals surface area contributed by atoms with Crippen LogP contribution in [-0.2, 0) is 0 Å². The van der Waals surface area contributed by atoms with Gasteiger partial charge < -0.3 is 19.1 Å². The van der Waals surface area contributed by atoms with Crippen molar-refractivity contribution < 1.29 is 23.9 Å². The first-order valence-corrected chi connectivity index (χ1v) is 5.92. The molecule has 0 aliphatic rings. The third kappa shape index (κ3) is 2.20. The average Bonchev–Trinajstić information content (AvgIpc) is 2.90. The number of hydrogen-bond donors (Lipinski definition) is 1. The molecule has 0 unspecified atom stereocenters. The van der Waals surface area contributed by atoms with Crippen LogP contribution in [0.4, 0.5) is 0 Å². The van der Waals surface area contributed by atoms with Crippen molar-refractivity contribution in [2.24, 2.45) is 0 Å². The summed E-state index contributed by atoms with van der Waals surface area (Å²) in [5.74, 6) is 0.487. The number of carbonyl (C=O) groups is 1. The van der Waals surface area contributed by atoms with Crippen molar-refractivity contribution in [3.8, 4) is 22.8 Å². The molecule has 0 aliphatic heterocycles. The van der Waals surface area contributed by atoms with Crippen molar-refractivity contribution in [3.63, 3.8) is 0 Å². The maximum absolute atomic E-state index is 10.9. The van der Waals surface area contributed by atoms with Gasteiger partial charge in [0.05, 0.1) is 14.2 Å². The third-order valence-electron chi connectivity index (χ3n) is 3.07. The zero-order valence-electron chi connectivity index (χ0n) is 11.7. The molecule has 0 atom stereocenters. The van der Waals surface area contributed by atoms with Crippen LogP contribution in [0.3, 0.4) is 0 Å². The summed E-state index contributed by atoms with van der Waals surface area (Å²) >= 11 is 0. The summed E-state index contributed by atoms with van der Waals surface area (Å²) < 4.78 is 15.8. The van der Waals surface area contributed by atoms with Crippen molar-refractivity contribution >= 4 is 5.97 Å². The number of nitrogens with zero attached hydrogens (tertiary/aromatic N) is 1. The Morgan fingerprint density at radius 3 is 2.35 bits per heavy atom. The molecule has 2 aromatic rings. The minimum absolute atomic E-state index is 0.133. The smallest absolute Gasteiger partial charge is 0.358 e. The molecule has 0 bridgehead atoms. The number of benzene rings is 1. The summed E-state index contributed by atoms with van der Waals surface area (Å²) in [4.78, 5) is 10.9. The molecule has 106 valence electrons. The minimum atomic E-state index is -1.13. The molecule has 2 rings (SSSR count). The number of carboxylic acid groups (broad SMARTS) is 1. The summed E-state index contributed by atoms with van der Waals surface area (Å²) in [6.07, 6.45) is 0. The molecule has 0 spiro atoms. The fourth-order valence-corrected chi connectivity index (χ4v) is 2.12. The fourth-order valence-electron chi connectivity index (χ4n) is 2.12. The van der Waals surface area contributed by atoms with Crippen LogP contribution in [0.15, 0.2) is 16.7 Å². The fraction of sp³-hybridized carbons (Fsp3) is 0.286. The highest BCUT2D eigenvalue weighted by Crippen LogP contribution is 2.40. The molecule has 1 heterocycles. The van der Waals surface area contributed by atoms with E-state index in [0.29, 0.717) is 17.3 Å². The van der Waals surface area contributed by atoms with E-state index in [9.17, 15) is 4.79 Å². The molecular weight excluding hydrogens is 262 g/mol. The van der Waals surface area contributed by atoms with Crippen LogP contribution in [0, 0.1) is 13.8 Å². The molecule has 0 amide bonds. The Morgan fingerprint density at radius 1 is 1.20 bits per heavy atom. The van der Waals surface area contributed by atoms with Gasteiger partial charge in [0.1, 0.15) is 0 Å². The number of carboxylic acids is 1. The molecule has 1 aromatic heterocycles. The second-order valence-corrected chi connectivity index (χ2v) is 4.31. The number of ether oxygens (including phenoxy) is 2. The minimum Gasteiger partial charge on any atom is -0.493 e. The standard InChI is InChI=1S/C14H15NO5/c1-7-5-9(8(2)13(19-4)12(7)18-3)11-6-10(14(16)17)15-20-11/h5-6H,1-4H3,(H,16,17). The molecule has 0 saturated carbocycles. The molecular formula is C14H15NO5. The number of hydrogen-bond acceptors (Lipinski definition) is 5. The first-order chi connectivity index (χ1) is 9.49. The topological polar surface area (TPSA) is 81.8 Å². The third-order valence-corrected chi connectivity index (χ3v) is 3.07. The molecule has 0 fully saturated rings. The van der Waals surface area contributed by atoms with Crippen LogP contribution in [0.2, 0.25) is 0 Å². The Balaban J connectivity index is 2.62. The number of aryl methyl sites for hydroxylation is 1. The maximum atomic E-state index is 10.9. The van der Waals surface area contributed by atoms with Crippen LogP contribution in [0.1, 0.15) is 21.6 Å². The Labute approximate surface area is 115 Å². The second kappa shape index (κ2) is 5.24. The van der Waals surface area contributed by atoms with Crippen LogP contribution in [0.25, 0.3) is 11.3 Å². The van der Waals surface area contributed by atoms with E-state index in [1.807, 2.05) is 19.9 Å². The van der Waals surface area contributed by atoms with Gasteiger partial charge in [-0.3, -0.25) is 0 Å². The number of aromatic carboxylic acids is 1. The van der Waals surface area contributed by atoms with Crippen molar-refractivity contribution in [1.29, 1.82) is 0 Å². The van der Waals surface area contributed by atoms with Gasteiger partial charge in [-0.1, -0.05) is 5.16 Å². The Bertz CT molecular complexity index is 660. The van der Waals surface area contributed by atoms with Crippen molar-refractivity contribution in [2.45, 2.75) is 13.8 Å². The van der Waals surface area contributed by atoms with Crippen LogP contribution in [-0.4, -0.2) is 30.5 Å². The molecule has 6 nitrogen and oxygen atoms in total. The van der Waals surface area contributed by atoms with E-state index in [1.54, 1.807) is 14.2 Å². The summed E-state index contributed by atoms with van der Waals surface area (Å²) in [6, 6.07) is 3.23. The Morgan fingerprint density at radius 2 is 1.85 bits per heavy atom. The van der Waals surface area contributed by atoms with Crippen molar-refractivity contribution in [2.75, 3.05) is 14.2 Å². The normalized spacial score (nSPS) is 10.4. The van der Waals surface area contributed by atoms with Crippen LogP contribution in [0.5, 0.6) is 11.5 Å². The lowest BCUT2D eigenvalue weighted by molar-refractivity contribution is 0.0686. The molecule has 0 aliphatic carbocycles. The van der Waals surface area contributed by atoms with Crippen molar-refractivity contribution in [3.05, 3.63) is 29.0 Å². The van der Waals surface area contributed by atoms with Crippen molar-refractivity contribution in [1.82, 2.24) is 5.16 Å². The van der Waals surface area contributed by atoms with E-state index in [1.165, 1.54) is 6.07 Å². The Hall–Kier alpha value is -2.50. The van der Waals surface area contributed by atoms with Crippen LogP contribution >= 0.6 is 0 Å². The van der Waals surface area contributed by atoms with Gasteiger partial charge in [-0.2, -0.15) is 0 Å².